The zero-order chi connectivity index (χ0) is 21.8. The first-order chi connectivity index (χ1) is 14.4. The summed E-state index contributed by atoms with van der Waals surface area (Å²) in [5.74, 6) is 0.499. The van der Waals surface area contributed by atoms with E-state index >= 15 is 0 Å². The van der Waals surface area contributed by atoms with Gasteiger partial charge in [0.25, 0.3) is 0 Å². The molecule has 0 aliphatic carbocycles. The first kappa shape index (κ1) is 22.0. The molecule has 0 unspecified atom stereocenters. The van der Waals surface area contributed by atoms with Gasteiger partial charge in [-0.05, 0) is 44.5 Å². The summed E-state index contributed by atoms with van der Waals surface area (Å²) in [6.07, 6.45) is 4.88. The van der Waals surface area contributed by atoms with Crippen molar-refractivity contribution in [3.05, 3.63) is 70.4 Å². The molecule has 0 atom stereocenters. The minimum Gasteiger partial charge on any atom is -0.493 e. The van der Waals surface area contributed by atoms with E-state index in [-0.39, 0.29) is 5.91 Å². The molecule has 3 rings (SSSR count). The Bertz CT molecular complexity index is 1150. The number of furan rings is 1. The molecule has 1 N–H and O–H groups in total. The summed E-state index contributed by atoms with van der Waals surface area (Å²) in [5.41, 5.74) is 4.84. The molecule has 0 saturated heterocycles. The van der Waals surface area contributed by atoms with E-state index in [0.717, 1.165) is 33.2 Å². The molecule has 1 aromatic heterocycles. The molecule has 6 heteroatoms. The maximum absolute atomic E-state index is 12.2. The zero-order valence-electron chi connectivity index (χ0n) is 17.1. The van der Waals surface area contributed by atoms with Gasteiger partial charge in [-0.15, -0.1) is 6.58 Å². The van der Waals surface area contributed by atoms with Gasteiger partial charge >= 0.3 is 0 Å². The fourth-order valence-electron chi connectivity index (χ4n) is 3.35. The van der Waals surface area contributed by atoms with Crippen molar-refractivity contribution in [2.45, 2.75) is 20.8 Å². The Morgan fingerprint density at radius 1 is 1.27 bits per heavy atom. The van der Waals surface area contributed by atoms with Gasteiger partial charge in [0.05, 0.1) is 17.9 Å². The summed E-state index contributed by atoms with van der Waals surface area (Å²) in [7, 11) is 0. The summed E-state index contributed by atoms with van der Waals surface area (Å²) >= 11 is 12.5. The molecule has 0 fully saturated rings. The summed E-state index contributed by atoms with van der Waals surface area (Å²) in [6, 6.07) is 7.34. The average molecular weight is 444 g/mol. The van der Waals surface area contributed by atoms with Gasteiger partial charge in [0, 0.05) is 45.3 Å². The number of amides is 1. The lowest BCUT2D eigenvalue weighted by atomic mass is 9.96. The monoisotopic (exact) mass is 443 g/mol. The number of aryl methyl sites for hydroxylation is 1. The highest BCUT2D eigenvalue weighted by Gasteiger charge is 2.20. The smallest absolute Gasteiger partial charge is 0.244 e. The van der Waals surface area contributed by atoms with Crippen LogP contribution in [0.25, 0.3) is 27.7 Å². The number of fused-ring (bicyclic) bond motifs is 1. The second kappa shape index (κ2) is 9.41. The highest BCUT2D eigenvalue weighted by atomic mass is 35.5. The van der Waals surface area contributed by atoms with Gasteiger partial charge in [-0.3, -0.25) is 4.79 Å². The molecule has 0 aliphatic heterocycles. The highest BCUT2D eigenvalue weighted by molar-refractivity contribution is 6.36. The molecule has 0 spiro atoms. The Hall–Kier alpha value is -2.69. The van der Waals surface area contributed by atoms with Gasteiger partial charge in [-0.1, -0.05) is 35.3 Å². The van der Waals surface area contributed by atoms with Crippen molar-refractivity contribution in [3.63, 3.8) is 0 Å². The SMILES string of the molecule is C=CCNC(=O)/C=C(\C)c1cc2c(-c3ccc(Cl)cc3Cl)coc2c(C)c1OCC. The van der Waals surface area contributed by atoms with Crippen LogP contribution in [0.15, 0.2) is 53.7 Å². The molecule has 1 heterocycles. The van der Waals surface area contributed by atoms with Crippen molar-refractivity contribution in [1.82, 2.24) is 5.32 Å². The van der Waals surface area contributed by atoms with Crippen molar-refractivity contribution in [2.24, 2.45) is 0 Å². The number of allylic oxidation sites excluding steroid dienone is 1. The Balaban J connectivity index is 2.20. The Morgan fingerprint density at radius 2 is 2.03 bits per heavy atom. The summed E-state index contributed by atoms with van der Waals surface area (Å²) in [5, 5.41) is 4.74. The van der Waals surface area contributed by atoms with Gasteiger partial charge in [0.15, 0.2) is 0 Å². The standard InChI is InChI=1S/C24H23Cl2NO3/c1-5-9-27-22(28)10-14(3)18-12-19-20(17-8-7-16(25)11-21(17)26)13-30-24(19)15(4)23(18)29-6-2/h5,7-8,10-13H,1,6,9H2,2-4H3,(H,27,28)/b14-10+. The van der Waals surface area contributed by atoms with E-state index in [1.807, 2.05) is 32.9 Å². The molecular weight excluding hydrogens is 421 g/mol. The molecule has 4 nitrogen and oxygen atoms in total. The lowest BCUT2D eigenvalue weighted by Crippen LogP contribution is -2.20. The van der Waals surface area contributed by atoms with Crippen molar-refractivity contribution in [3.8, 4) is 16.9 Å². The second-order valence-electron chi connectivity index (χ2n) is 6.82. The minimum atomic E-state index is -0.194. The molecule has 2 aromatic carbocycles. The number of halogens is 2. The number of ether oxygens (including phenoxy) is 1. The van der Waals surface area contributed by atoms with Crippen LogP contribution in [0.5, 0.6) is 5.75 Å². The molecule has 0 bridgehead atoms. The molecule has 30 heavy (non-hydrogen) atoms. The number of nitrogens with one attached hydrogen (secondary N) is 1. The third-order valence-corrected chi connectivity index (χ3v) is 5.29. The largest absolute Gasteiger partial charge is 0.493 e. The van der Waals surface area contributed by atoms with Crippen LogP contribution in [-0.4, -0.2) is 19.1 Å². The topological polar surface area (TPSA) is 51.5 Å². The average Bonchev–Trinajstić information content (AvgIpc) is 3.12. The van der Waals surface area contributed by atoms with Gasteiger partial charge in [-0.2, -0.15) is 0 Å². The summed E-state index contributed by atoms with van der Waals surface area (Å²) in [6.45, 7) is 10.3. The van der Waals surface area contributed by atoms with Gasteiger partial charge in [0.2, 0.25) is 5.91 Å². The van der Waals surface area contributed by atoms with Gasteiger partial charge in [-0.25, -0.2) is 0 Å². The Kier molecular flexibility index (Phi) is 6.91. The van der Waals surface area contributed by atoms with E-state index in [1.165, 1.54) is 0 Å². The van der Waals surface area contributed by atoms with E-state index in [9.17, 15) is 4.79 Å². The summed E-state index contributed by atoms with van der Waals surface area (Å²) < 4.78 is 11.8. The van der Waals surface area contributed by atoms with E-state index in [4.69, 9.17) is 32.4 Å². The second-order valence-corrected chi connectivity index (χ2v) is 7.67. The lowest BCUT2D eigenvalue weighted by Gasteiger charge is -2.15. The van der Waals surface area contributed by atoms with Crippen molar-refractivity contribution in [2.75, 3.05) is 13.2 Å². The highest BCUT2D eigenvalue weighted by Crippen LogP contribution is 2.42. The molecule has 156 valence electrons. The maximum Gasteiger partial charge on any atom is 0.244 e. The number of carbonyl (C=O) groups is 1. The van der Waals surface area contributed by atoms with Crippen LogP contribution in [0.4, 0.5) is 0 Å². The lowest BCUT2D eigenvalue weighted by molar-refractivity contribution is -0.116. The van der Waals surface area contributed by atoms with Crippen LogP contribution in [0.3, 0.4) is 0 Å². The molecule has 3 aromatic rings. The van der Waals surface area contributed by atoms with Gasteiger partial charge < -0.3 is 14.5 Å². The van der Waals surface area contributed by atoms with Crippen LogP contribution < -0.4 is 10.1 Å². The number of hydrogen-bond donors (Lipinski definition) is 1. The third-order valence-electron chi connectivity index (χ3n) is 4.75. The fraction of sp³-hybridized carbons (Fsp3) is 0.208. The van der Waals surface area contributed by atoms with Crippen molar-refractivity contribution >= 4 is 45.7 Å². The van der Waals surface area contributed by atoms with Crippen LogP contribution in [0.1, 0.15) is 25.0 Å². The minimum absolute atomic E-state index is 0.194. The number of hydrogen-bond acceptors (Lipinski definition) is 3. The predicted molar refractivity (Wildman–Crippen MR) is 124 cm³/mol. The van der Waals surface area contributed by atoms with Gasteiger partial charge in [0.1, 0.15) is 11.3 Å². The van der Waals surface area contributed by atoms with E-state index in [0.29, 0.717) is 34.5 Å². The third kappa shape index (κ3) is 4.40. The number of rotatable bonds is 7. The quantitative estimate of drug-likeness (QED) is 0.321. The first-order valence-electron chi connectivity index (χ1n) is 9.57. The van der Waals surface area contributed by atoms with Crippen LogP contribution in [0, 0.1) is 6.92 Å². The van der Waals surface area contributed by atoms with Crippen molar-refractivity contribution in [1.29, 1.82) is 0 Å². The molecule has 1 amide bonds. The number of carbonyl (C=O) groups excluding carboxylic acids is 1. The Morgan fingerprint density at radius 3 is 2.70 bits per heavy atom. The fourth-order valence-corrected chi connectivity index (χ4v) is 3.86. The van der Waals surface area contributed by atoms with Crippen LogP contribution >= 0.6 is 23.2 Å². The number of benzene rings is 2. The van der Waals surface area contributed by atoms with Crippen molar-refractivity contribution < 1.29 is 13.9 Å². The zero-order valence-corrected chi connectivity index (χ0v) is 18.7. The summed E-state index contributed by atoms with van der Waals surface area (Å²) in [4.78, 5) is 12.2. The Labute approximate surface area is 186 Å². The van der Waals surface area contributed by atoms with E-state index < -0.39 is 0 Å². The molecule has 0 saturated carbocycles. The maximum atomic E-state index is 12.2. The van der Waals surface area contributed by atoms with Crippen LogP contribution in [-0.2, 0) is 4.79 Å². The normalized spacial score (nSPS) is 11.6. The van der Waals surface area contributed by atoms with Crippen LogP contribution in [0.2, 0.25) is 10.0 Å². The molecule has 0 aliphatic rings. The molecular formula is C24H23Cl2NO3. The first-order valence-corrected chi connectivity index (χ1v) is 10.3. The van der Waals surface area contributed by atoms with E-state index in [2.05, 4.69) is 11.9 Å². The van der Waals surface area contributed by atoms with E-state index in [1.54, 1.807) is 30.5 Å². The predicted octanol–water partition coefficient (Wildman–Crippen LogP) is 6.82. The molecule has 0 radical (unpaired) electrons.